The van der Waals surface area contributed by atoms with Gasteiger partial charge in [-0.25, -0.2) is 9.78 Å². The van der Waals surface area contributed by atoms with Crippen molar-refractivity contribution >= 4 is 34.1 Å². The van der Waals surface area contributed by atoms with Crippen molar-refractivity contribution < 1.29 is 18.0 Å². The van der Waals surface area contributed by atoms with Gasteiger partial charge < -0.3 is 4.90 Å². The molecule has 0 bridgehead atoms. The summed E-state index contributed by atoms with van der Waals surface area (Å²) in [4.78, 5) is 18.9. The van der Waals surface area contributed by atoms with Crippen LogP contribution in [0.1, 0.15) is 58.3 Å². The van der Waals surface area contributed by atoms with Gasteiger partial charge in [-0.2, -0.15) is 13.2 Å². The number of hydrogen-bond donors (Lipinski definition) is 1. The summed E-state index contributed by atoms with van der Waals surface area (Å²) in [6.45, 7) is 2.20. The zero-order valence-electron chi connectivity index (χ0n) is 15.3. The maximum atomic E-state index is 13.0. The van der Waals surface area contributed by atoms with Crippen LogP contribution >= 0.6 is 22.9 Å². The first-order valence-corrected chi connectivity index (χ1v) is 10.7. The van der Waals surface area contributed by atoms with Crippen LogP contribution in [-0.4, -0.2) is 34.2 Å². The number of amides is 2. The highest BCUT2D eigenvalue weighted by Crippen LogP contribution is 2.40. The minimum Gasteiger partial charge on any atom is -0.319 e. The monoisotopic (exact) mass is 423 g/mol. The molecule has 2 amide bonds. The van der Waals surface area contributed by atoms with E-state index in [4.69, 9.17) is 11.6 Å². The molecule has 0 radical (unpaired) electrons. The van der Waals surface area contributed by atoms with E-state index in [0.29, 0.717) is 28.2 Å². The maximum absolute atomic E-state index is 13.0. The summed E-state index contributed by atoms with van der Waals surface area (Å²) in [6, 6.07) is -0.350. The van der Waals surface area contributed by atoms with Gasteiger partial charge in [-0.3, -0.25) is 5.32 Å². The first kappa shape index (κ1) is 20.7. The van der Waals surface area contributed by atoms with Gasteiger partial charge in [-0.1, -0.05) is 29.9 Å². The van der Waals surface area contributed by atoms with Crippen molar-refractivity contribution in [2.24, 2.45) is 11.8 Å². The number of hydrogen-bond acceptors (Lipinski definition) is 3. The Morgan fingerprint density at radius 1 is 1.15 bits per heavy atom. The smallest absolute Gasteiger partial charge is 0.319 e. The van der Waals surface area contributed by atoms with Crippen molar-refractivity contribution in [2.75, 3.05) is 5.32 Å². The van der Waals surface area contributed by atoms with Crippen LogP contribution in [0.25, 0.3) is 0 Å². The Bertz CT molecular complexity index is 638. The molecular formula is C18H25ClF3N3OS. The number of nitrogens with zero attached hydrogens (tertiary/aromatic N) is 2. The molecular weight excluding hydrogens is 399 g/mol. The molecule has 2 aliphatic rings. The molecule has 1 aromatic heterocycles. The third-order valence-electron chi connectivity index (χ3n) is 5.86. The molecule has 0 aromatic carbocycles. The standard InChI is InChI=1S/C18H25ClF3N3OS/c1-11-2-6-13(7-3-11)25(17(26)24-16-23-10-15(19)27-16)14-8-4-12(5-9-14)18(20,21)22/h10-14H,2-9H2,1H3,(H,23,24,26). The van der Waals surface area contributed by atoms with Crippen LogP contribution in [0.2, 0.25) is 4.34 Å². The quantitative estimate of drug-likeness (QED) is 0.617. The number of halogens is 4. The van der Waals surface area contributed by atoms with Crippen molar-refractivity contribution in [2.45, 2.75) is 76.6 Å². The van der Waals surface area contributed by atoms with Gasteiger partial charge in [-0.05, 0) is 57.3 Å². The summed E-state index contributed by atoms with van der Waals surface area (Å²) in [6.07, 6.45) is 2.15. The number of thiazole rings is 1. The van der Waals surface area contributed by atoms with Crippen LogP contribution in [-0.2, 0) is 0 Å². The molecule has 0 saturated heterocycles. The third-order valence-corrected chi connectivity index (χ3v) is 6.89. The highest BCUT2D eigenvalue weighted by Gasteiger charge is 2.44. The van der Waals surface area contributed by atoms with Crippen molar-refractivity contribution in [3.63, 3.8) is 0 Å². The maximum Gasteiger partial charge on any atom is 0.391 e. The summed E-state index contributed by atoms with van der Waals surface area (Å²) < 4.78 is 39.5. The second kappa shape index (κ2) is 8.55. The van der Waals surface area contributed by atoms with Crippen LogP contribution in [0.3, 0.4) is 0 Å². The summed E-state index contributed by atoms with van der Waals surface area (Å²) >= 11 is 7.06. The van der Waals surface area contributed by atoms with Crippen molar-refractivity contribution in [3.05, 3.63) is 10.5 Å². The molecule has 1 aromatic rings. The largest absolute Gasteiger partial charge is 0.391 e. The Balaban J connectivity index is 1.71. The van der Waals surface area contributed by atoms with Crippen molar-refractivity contribution in [1.29, 1.82) is 0 Å². The van der Waals surface area contributed by atoms with Gasteiger partial charge in [0.25, 0.3) is 0 Å². The van der Waals surface area contributed by atoms with Crippen molar-refractivity contribution in [3.8, 4) is 0 Å². The van der Waals surface area contributed by atoms with Gasteiger partial charge in [0.1, 0.15) is 4.34 Å². The van der Waals surface area contributed by atoms with E-state index in [1.165, 1.54) is 17.5 Å². The molecule has 2 fully saturated rings. The second-order valence-corrected chi connectivity index (χ2v) is 9.43. The Morgan fingerprint density at radius 2 is 1.70 bits per heavy atom. The summed E-state index contributed by atoms with van der Waals surface area (Å²) in [7, 11) is 0. The lowest BCUT2D eigenvalue weighted by molar-refractivity contribution is -0.184. The first-order valence-electron chi connectivity index (χ1n) is 9.51. The summed E-state index contributed by atoms with van der Waals surface area (Å²) in [5.74, 6) is -0.618. The topological polar surface area (TPSA) is 45.2 Å². The van der Waals surface area contributed by atoms with Crippen LogP contribution in [0.15, 0.2) is 6.20 Å². The Kier molecular flexibility index (Phi) is 6.56. The zero-order valence-corrected chi connectivity index (χ0v) is 16.8. The molecule has 0 spiro atoms. The minimum absolute atomic E-state index is 0.0732. The average molecular weight is 424 g/mol. The number of anilines is 1. The lowest BCUT2D eigenvalue weighted by Gasteiger charge is -2.43. The normalized spacial score (nSPS) is 29.4. The molecule has 4 nitrogen and oxygen atoms in total. The van der Waals surface area contributed by atoms with Gasteiger partial charge in [-0.15, -0.1) is 0 Å². The van der Waals surface area contributed by atoms with E-state index in [1.807, 2.05) is 4.90 Å². The molecule has 2 aliphatic carbocycles. The van der Waals surface area contributed by atoms with Gasteiger partial charge in [0.2, 0.25) is 0 Å². The number of carbonyl (C=O) groups is 1. The first-order chi connectivity index (χ1) is 12.7. The predicted molar refractivity (Wildman–Crippen MR) is 101 cm³/mol. The fourth-order valence-electron chi connectivity index (χ4n) is 4.30. The Hall–Kier alpha value is -1.02. The fourth-order valence-corrected chi connectivity index (χ4v) is 5.10. The van der Waals surface area contributed by atoms with Crippen LogP contribution in [0.5, 0.6) is 0 Å². The Morgan fingerprint density at radius 3 is 2.19 bits per heavy atom. The van der Waals surface area contributed by atoms with Gasteiger partial charge in [0.05, 0.1) is 12.1 Å². The van der Waals surface area contributed by atoms with E-state index >= 15 is 0 Å². The van der Waals surface area contributed by atoms with Crippen LogP contribution in [0, 0.1) is 11.8 Å². The number of nitrogens with one attached hydrogen (secondary N) is 1. The Labute approximate surface area is 166 Å². The average Bonchev–Trinajstić information content (AvgIpc) is 3.01. The zero-order chi connectivity index (χ0) is 19.6. The summed E-state index contributed by atoms with van der Waals surface area (Å²) in [5, 5.41) is 3.22. The highest BCUT2D eigenvalue weighted by atomic mass is 35.5. The highest BCUT2D eigenvalue weighted by molar-refractivity contribution is 7.19. The molecule has 0 aliphatic heterocycles. The number of alkyl halides is 3. The van der Waals surface area contributed by atoms with Crippen molar-refractivity contribution in [1.82, 2.24) is 9.88 Å². The number of rotatable bonds is 3. The number of carbonyl (C=O) groups excluding carboxylic acids is 1. The van der Waals surface area contributed by atoms with E-state index in [0.717, 1.165) is 25.7 Å². The van der Waals surface area contributed by atoms with E-state index in [1.54, 1.807) is 0 Å². The van der Waals surface area contributed by atoms with E-state index in [9.17, 15) is 18.0 Å². The molecule has 3 rings (SSSR count). The SMILES string of the molecule is CC1CCC(N(C(=O)Nc2ncc(Cl)s2)C2CCC(C(F)(F)F)CC2)CC1. The molecule has 1 N–H and O–H groups in total. The van der Waals surface area contributed by atoms with E-state index in [2.05, 4.69) is 17.2 Å². The summed E-state index contributed by atoms with van der Waals surface area (Å²) in [5.41, 5.74) is 0. The molecule has 1 heterocycles. The molecule has 0 atom stereocenters. The molecule has 2 saturated carbocycles. The fraction of sp³-hybridized carbons (Fsp3) is 0.778. The lowest BCUT2D eigenvalue weighted by Crippen LogP contribution is -2.52. The number of urea groups is 1. The predicted octanol–water partition coefficient (Wildman–Crippen LogP) is 6.33. The second-order valence-electron chi connectivity index (χ2n) is 7.77. The van der Waals surface area contributed by atoms with Gasteiger partial charge in [0, 0.05) is 12.1 Å². The lowest BCUT2D eigenvalue weighted by atomic mass is 9.82. The van der Waals surface area contributed by atoms with E-state index in [-0.39, 0.29) is 31.0 Å². The molecule has 0 unspecified atom stereocenters. The van der Waals surface area contributed by atoms with Crippen LogP contribution < -0.4 is 5.32 Å². The minimum atomic E-state index is -4.14. The molecule has 27 heavy (non-hydrogen) atoms. The number of aromatic nitrogens is 1. The van der Waals surface area contributed by atoms with Gasteiger partial charge >= 0.3 is 12.2 Å². The molecule has 152 valence electrons. The molecule has 9 heteroatoms. The van der Waals surface area contributed by atoms with Gasteiger partial charge in [0.15, 0.2) is 5.13 Å². The van der Waals surface area contributed by atoms with E-state index < -0.39 is 12.1 Å². The van der Waals surface area contributed by atoms with Crippen LogP contribution in [0.4, 0.5) is 23.1 Å². The third kappa shape index (κ3) is 5.28.